The van der Waals surface area contributed by atoms with Gasteiger partial charge < -0.3 is 19.7 Å². The Kier molecular flexibility index (Phi) is 4.47. The number of ether oxygens (including phenoxy) is 1. The van der Waals surface area contributed by atoms with E-state index < -0.39 is 0 Å². The first-order valence-corrected chi connectivity index (χ1v) is 10.4. The fourth-order valence-corrected chi connectivity index (χ4v) is 5.09. The summed E-state index contributed by atoms with van der Waals surface area (Å²) in [6, 6.07) is 5.63. The zero-order valence-electron chi connectivity index (χ0n) is 17.2. The van der Waals surface area contributed by atoms with Gasteiger partial charge in [0.2, 0.25) is 0 Å². The summed E-state index contributed by atoms with van der Waals surface area (Å²) >= 11 is 0. The van der Waals surface area contributed by atoms with Crippen LogP contribution in [0.4, 0.5) is 0 Å². The van der Waals surface area contributed by atoms with Crippen LogP contribution in [0.15, 0.2) is 43.1 Å². The predicted octanol–water partition coefficient (Wildman–Crippen LogP) is 3.26. The van der Waals surface area contributed by atoms with Crippen LogP contribution in [0.5, 0.6) is 11.8 Å². The molecule has 2 aromatic heterocycles. The number of aromatic hydroxyl groups is 1. The Morgan fingerprint density at radius 2 is 1.97 bits per heavy atom. The molecule has 0 amide bonds. The maximum atomic E-state index is 10.5. The minimum Gasteiger partial charge on any atom is -0.507 e. The second kappa shape index (κ2) is 7.05. The second-order valence-electron chi connectivity index (χ2n) is 9.05. The third kappa shape index (κ3) is 3.63. The van der Waals surface area contributed by atoms with Crippen molar-refractivity contribution in [1.29, 1.82) is 0 Å². The van der Waals surface area contributed by atoms with Gasteiger partial charge in [-0.2, -0.15) is 0 Å². The van der Waals surface area contributed by atoms with Crippen molar-refractivity contribution in [1.82, 2.24) is 30.0 Å². The van der Waals surface area contributed by atoms with Gasteiger partial charge >= 0.3 is 6.01 Å². The number of piperidine rings is 2. The molecule has 2 fully saturated rings. The molecular formula is C22H26N6O2. The van der Waals surface area contributed by atoms with E-state index in [-0.39, 0.29) is 28.9 Å². The van der Waals surface area contributed by atoms with Crippen molar-refractivity contribution >= 4 is 0 Å². The second-order valence-corrected chi connectivity index (χ2v) is 9.05. The molecule has 5 rings (SSSR count). The van der Waals surface area contributed by atoms with E-state index in [0.717, 1.165) is 31.4 Å². The highest BCUT2D eigenvalue weighted by atomic mass is 16.5. The Labute approximate surface area is 175 Å². The highest BCUT2D eigenvalue weighted by Gasteiger charge is 2.46. The highest BCUT2D eigenvalue weighted by molar-refractivity contribution is 5.67. The number of phenolic OH excluding ortho intramolecular Hbond substituents is 1. The monoisotopic (exact) mass is 406 g/mol. The molecular weight excluding hydrogens is 380 g/mol. The van der Waals surface area contributed by atoms with Crippen molar-refractivity contribution in [3.05, 3.63) is 43.1 Å². The summed E-state index contributed by atoms with van der Waals surface area (Å²) in [5, 5.41) is 22.7. The zero-order chi connectivity index (χ0) is 20.8. The average Bonchev–Trinajstić information content (AvgIpc) is 3.22. The summed E-state index contributed by atoms with van der Waals surface area (Å²) in [5.41, 5.74) is 2.09. The molecule has 0 spiro atoms. The molecule has 156 valence electrons. The molecule has 30 heavy (non-hydrogen) atoms. The molecule has 3 aromatic rings. The van der Waals surface area contributed by atoms with E-state index >= 15 is 0 Å². The molecule has 0 aliphatic carbocycles. The van der Waals surface area contributed by atoms with Crippen molar-refractivity contribution in [3.8, 4) is 28.7 Å². The van der Waals surface area contributed by atoms with Crippen LogP contribution in [0, 0.1) is 0 Å². The van der Waals surface area contributed by atoms with Crippen molar-refractivity contribution in [2.45, 2.75) is 63.1 Å². The van der Waals surface area contributed by atoms with Gasteiger partial charge in [0.05, 0.1) is 18.2 Å². The minimum absolute atomic E-state index is 0.0667. The highest BCUT2D eigenvalue weighted by Crippen LogP contribution is 2.40. The summed E-state index contributed by atoms with van der Waals surface area (Å²) in [4.78, 5) is 8.38. The Morgan fingerprint density at radius 1 is 1.17 bits per heavy atom. The lowest BCUT2D eigenvalue weighted by Gasteiger charge is -2.53. The molecule has 8 heteroatoms. The molecule has 8 nitrogen and oxygen atoms in total. The standard InChI is InChI=1S/C22H26N6O2/c1-21-6-3-7-22(2,27-21)12-16(11-21)30-20-24-13-18(25-26-20)17-5-4-15(10-19(17)29)28-9-8-23-14-28/h4-5,8-10,13-14,16,27,29H,3,6-7,11-12H2,1-2H3/t16-,21-,22+. The quantitative estimate of drug-likeness (QED) is 0.686. The Hall–Kier alpha value is -3.00. The summed E-state index contributed by atoms with van der Waals surface area (Å²) in [7, 11) is 0. The lowest BCUT2D eigenvalue weighted by molar-refractivity contribution is 0.00513. The number of benzene rings is 1. The smallest absolute Gasteiger partial charge is 0.335 e. The van der Waals surface area contributed by atoms with E-state index in [9.17, 15) is 5.11 Å². The van der Waals surface area contributed by atoms with E-state index in [1.807, 2.05) is 16.8 Å². The fourth-order valence-electron chi connectivity index (χ4n) is 5.09. The first-order valence-electron chi connectivity index (χ1n) is 10.4. The maximum absolute atomic E-state index is 10.5. The molecule has 2 N–H and O–H groups in total. The summed E-state index contributed by atoms with van der Waals surface area (Å²) in [5.74, 6) is 0.109. The van der Waals surface area contributed by atoms with E-state index in [1.54, 1.807) is 30.9 Å². The number of hydrogen-bond donors (Lipinski definition) is 2. The van der Waals surface area contributed by atoms with Gasteiger partial charge in [0, 0.05) is 47.9 Å². The van der Waals surface area contributed by atoms with Gasteiger partial charge in [0.15, 0.2) is 0 Å². The molecule has 4 heterocycles. The number of fused-ring (bicyclic) bond motifs is 2. The fraction of sp³-hybridized carbons (Fsp3) is 0.455. The van der Waals surface area contributed by atoms with Crippen LogP contribution in [-0.4, -0.2) is 47.0 Å². The SMILES string of the molecule is C[C@]12CCC[C@](C)(C[C@@H](Oc3ncc(-c4ccc(-n5ccnc5)cc4O)nn3)C1)N2. The van der Waals surface area contributed by atoms with Gasteiger partial charge in [-0.1, -0.05) is 5.10 Å². The molecule has 2 aliphatic heterocycles. The van der Waals surface area contributed by atoms with E-state index in [1.165, 1.54) is 6.42 Å². The van der Waals surface area contributed by atoms with Crippen LogP contribution in [0.2, 0.25) is 0 Å². The number of phenols is 1. The topological polar surface area (TPSA) is 98.0 Å². The van der Waals surface area contributed by atoms with Gasteiger partial charge in [-0.15, -0.1) is 5.10 Å². The predicted molar refractivity (Wildman–Crippen MR) is 111 cm³/mol. The van der Waals surface area contributed by atoms with Gasteiger partial charge in [-0.3, -0.25) is 0 Å². The van der Waals surface area contributed by atoms with Crippen molar-refractivity contribution < 1.29 is 9.84 Å². The van der Waals surface area contributed by atoms with Crippen LogP contribution in [0.25, 0.3) is 16.9 Å². The number of imidazole rings is 1. The Balaban J connectivity index is 1.31. The van der Waals surface area contributed by atoms with E-state index in [0.29, 0.717) is 11.3 Å². The Morgan fingerprint density at radius 3 is 2.60 bits per heavy atom. The molecule has 2 bridgehead atoms. The number of nitrogens with one attached hydrogen (secondary N) is 1. The third-order valence-corrected chi connectivity index (χ3v) is 6.29. The molecule has 0 radical (unpaired) electrons. The van der Waals surface area contributed by atoms with Gasteiger partial charge in [-0.25, -0.2) is 9.97 Å². The lowest BCUT2D eigenvalue weighted by atomic mass is 9.70. The first kappa shape index (κ1) is 19.0. The molecule has 3 atom stereocenters. The first-order chi connectivity index (χ1) is 14.4. The number of hydrogen-bond acceptors (Lipinski definition) is 7. The summed E-state index contributed by atoms with van der Waals surface area (Å²) in [6.45, 7) is 4.55. The molecule has 1 aromatic carbocycles. The van der Waals surface area contributed by atoms with Crippen LogP contribution >= 0.6 is 0 Å². The molecule has 0 unspecified atom stereocenters. The number of nitrogens with zero attached hydrogens (tertiary/aromatic N) is 5. The van der Waals surface area contributed by atoms with Gasteiger partial charge in [0.1, 0.15) is 17.5 Å². The van der Waals surface area contributed by atoms with Crippen molar-refractivity contribution in [2.24, 2.45) is 0 Å². The number of rotatable bonds is 4. The van der Waals surface area contributed by atoms with E-state index in [2.05, 4.69) is 39.3 Å². The molecule has 0 saturated carbocycles. The summed E-state index contributed by atoms with van der Waals surface area (Å²) < 4.78 is 7.93. The van der Waals surface area contributed by atoms with Crippen LogP contribution < -0.4 is 10.1 Å². The number of aromatic nitrogens is 5. The average molecular weight is 406 g/mol. The van der Waals surface area contributed by atoms with Crippen LogP contribution in [0.3, 0.4) is 0 Å². The Bertz CT molecular complexity index is 1020. The van der Waals surface area contributed by atoms with Crippen LogP contribution in [-0.2, 0) is 0 Å². The lowest BCUT2D eigenvalue weighted by Crippen LogP contribution is -2.65. The third-order valence-electron chi connectivity index (χ3n) is 6.29. The maximum Gasteiger partial charge on any atom is 0.335 e. The summed E-state index contributed by atoms with van der Waals surface area (Å²) in [6.07, 6.45) is 12.3. The minimum atomic E-state index is 0.0667. The molecule has 2 aliphatic rings. The zero-order valence-corrected chi connectivity index (χ0v) is 17.2. The largest absolute Gasteiger partial charge is 0.507 e. The van der Waals surface area contributed by atoms with Gasteiger partial charge in [-0.05, 0) is 45.2 Å². The van der Waals surface area contributed by atoms with Crippen molar-refractivity contribution in [2.75, 3.05) is 0 Å². The molecule has 2 saturated heterocycles. The van der Waals surface area contributed by atoms with Crippen molar-refractivity contribution in [3.63, 3.8) is 0 Å². The van der Waals surface area contributed by atoms with Gasteiger partial charge in [0.25, 0.3) is 0 Å². The normalized spacial score (nSPS) is 28.3. The van der Waals surface area contributed by atoms with Crippen LogP contribution in [0.1, 0.15) is 46.0 Å². The van der Waals surface area contributed by atoms with E-state index in [4.69, 9.17) is 4.74 Å².